The lowest BCUT2D eigenvalue weighted by atomic mass is 9.48. The molecule has 0 heterocycles. The van der Waals surface area contributed by atoms with E-state index in [1.807, 2.05) is 0 Å². The van der Waals surface area contributed by atoms with Crippen molar-refractivity contribution in [1.29, 1.82) is 0 Å². The van der Waals surface area contributed by atoms with Crippen molar-refractivity contribution >= 4 is 17.1 Å². The Hall–Kier alpha value is -6.44. The molecule has 8 aromatic carbocycles. The van der Waals surface area contributed by atoms with Crippen molar-refractivity contribution in [2.75, 3.05) is 4.90 Å². The summed E-state index contributed by atoms with van der Waals surface area (Å²) in [5, 5.41) is 0. The van der Waals surface area contributed by atoms with Crippen molar-refractivity contribution in [3.8, 4) is 33.4 Å². The molecule has 0 amide bonds. The molecule has 4 saturated carbocycles. The Kier molecular flexibility index (Phi) is 8.12. The fourth-order valence-electron chi connectivity index (χ4n) is 14.1. The highest BCUT2D eigenvalue weighted by molar-refractivity contribution is 5.91. The maximum Gasteiger partial charge on any atom is 0.0714 e. The molecule has 0 radical (unpaired) electrons. The van der Waals surface area contributed by atoms with Crippen molar-refractivity contribution in [3.63, 3.8) is 0 Å². The van der Waals surface area contributed by atoms with Crippen molar-refractivity contribution in [1.82, 2.24) is 0 Å². The van der Waals surface area contributed by atoms with Crippen LogP contribution in [0.15, 0.2) is 194 Å². The Bertz CT molecular complexity index is 2970. The molecule has 1 nitrogen and oxygen atoms in total. The Morgan fingerprint density at radius 3 is 1.37 bits per heavy atom. The fraction of sp³-hybridized carbons (Fsp3) is 0.226. The second-order valence-electron chi connectivity index (χ2n) is 20.3. The van der Waals surface area contributed by atoms with E-state index in [4.69, 9.17) is 0 Å². The lowest BCUT2D eigenvalue weighted by Gasteiger charge is -2.57. The van der Waals surface area contributed by atoms with Gasteiger partial charge in [-0.25, -0.2) is 0 Å². The third-order valence-corrected chi connectivity index (χ3v) is 16.5. The van der Waals surface area contributed by atoms with Gasteiger partial charge in [0.25, 0.3) is 0 Å². The third-order valence-electron chi connectivity index (χ3n) is 16.5. The van der Waals surface area contributed by atoms with Crippen molar-refractivity contribution < 1.29 is 0 Å². The normalized spacial score (nSPS) is 22.5. The Balaban J connectivity index is 0.952. The molecule has 4 bridgehead atoms. The standard InChI is InChI=1S/C62H53N/c1-60(2)56-19-11-9-17-52(56)54-31-29-50(36-58(54)60)63(49-27-23-45(24-28-49)44-21-25-46(26-22-44)61-38-41-33-42(39-61)35-43(34-41)40-61)51-30-32-55-53-18-10-12-20-57(53)62(59(55)37-51,47-13-5-3-6-14-47)48-15-7-4-8-16-48/h3-32,36-37,41-43H,33-35,38-40H2,1-2H3. The van der Waals surface area contributed by atoms with Crippen LogP contribution in [0, 0.1) is 17.8 Å². The van der Waals surface area contributed by atoms with Gasteiger partial charge in [-0.05, 0) is 170 Å². The smallest absolute Gasteiger partial charge is 0.0714 e. The van der Waals surface area contributed by atoms with Crippen LogP contribution < -0.4 is 4.90 Å². The second-order valence-corrected chi connectivity index (χ2v) is 20.3. The van der Waals surface area contributed by atoms with Crippen LogP contribution in [0.25, 0.3) is 33.4 Å². The summed E-state index contributed by atoms with van der Waals surface area (Å²) in [5.74, 6) is 2.85. The molecule has 4 fully saturated rings. The summed E-state index contributed by atoms with van der Waals surface area (Å²) in [7, 11) is 0. The van der Waals surface area contributed by atoms with Crippen LogP contribution in [0.5, 0.6) is 0 Å². The average Bonchev–Trinajstić information content (AvgIpc) is 3.74. The van der Waals surface area contributed by atoms with Crippen LogP contribution >= 0.6 is 0 Å². The number of hydrogen-bond acceptors (Lipinski definition) is 1. The first kappa shape index (κ1) is 37.1. The second kappa shape index (κ2) is 13.8. The summed E-state index contributed by atoms with van der Waals surface area (Å²) >= 11 is 0. The molecular weight excluding hydrogens is 759 g/mol. The zero-order valence-electron chi connectivity index (χ0n) is 36.4. The fourth-order valence-corrected chi connectivity index (χ4v) is 14.1. The monoisotopic (exact) mass is 811 g/mol. The minimum Gasteiger partial charge on any atom is -0.310 e. The minimum absolute atomic E-state index is 0.116. The van der Waals surface area contributed by atoms with Crippen molar-refractivity contribution in [3.05, 3.63) is 233 Å². The first-order chi connectivity index (χ1) is 30.9. The van der Waals surface area contributed by atoms with Crippen LogP contribution in [-0.4, -0.2) is 0 Å². The summed E-state index contributed by atoms with van der Waals surface area (Å²) < 4.78 is 0. The number of anilines is 3. The molecule has 0 spiro atoms. The van der Waals surface area contributed by atoms with E-state index in [1.54, 1.807) is 5.56 Å². The van der Waals surface area contributed by atoms with Gasteiger partial charge in [0.1, 0.15) is 0 Å². The topological polar surface area (TPSA) is 3.24 Å². The number of hydrogen-bond donors (Lipinski definition) is 0. The number of nitrogens with zero attached hydrogens (tertiary/aromatic N) is 1. The van der Waals surface area contributed by atoms with Crippen LogP contribution in [0.1, 0.15) is 91.3 Å². The molecule has 8 aromatic rings. The van der Waals surface area contributed by atoms with Gasteiger partial charge in [0.15, 0.2) is 0 Å². The number of fused-ring (bicyclic) bond motifs is 6. The number of benzene rings is 8. The maximum atomic E-state index is 2.50. The van der Waals surface area contributed by atoms with Crippen LogP contribution in [0.4, 0.5) is 17.1 Å². The van der Waals surface area contributed by atoms with E-state index in [0.29, 0.717) is 5.41 Å². The lowest BCUT2D eigenvalue weighted by Crippen LogP contribution is -2.48. The molecule has 63 heavy (non-hydrogen) atoms. The molecule has 0 N–H and O–H groups in total. The SMILES string of the molecule is CC1(C)c2ccccc2-c2ccc(N(c3ccc(-c4ccc(C56CC7CC(CC(C7)C5)C6)cc4)cc3)c3ccc4c(c3)C(c3ccccc3)(c3ccccc3)c3ccccc3-4)cc21. The van der Waals surface area contributed by atoms with Crippen LogP contribution in [0.2, 0.25) is 0 Å². The van der Waals surface area contributed by atoms with E-state index < -0.39 is 5.41 Å². The molecule has 306 valence electrons. The quantitative estimate of drug-likeness (QED) is 0.155. The Morgan fingerprint density at radius 1 is 0.365 bits per heavy atom. The van der Waals surface area contributed by atoms with Crippen LogP contribution in [0.3, 0.4) is 0 Å². The van der Waals surface area contributed by atoms with E-state index >= 15 is 0 Å². The van der Waals surface area contributed by atoms with Gasteiger partial charge < -0.3 is 4.90 Å². The highest BCUT2D eigenvalue weighted by atomic mass is 15.1. The Labute approximate surface area is 373 Å². The average molecular weight is 812 g/mol. The van der Waals surface area contributed by atoms with Crippen LogP contribution in [-0.2, 0) is 16.2 Å². The minimum atomic E-state index is -0.482. The van der Waals surface area contributed by atoms with E-state index in [9.17, 15) is 0 Å². The molecule has 1 heteroatoms. The zero-order valence-corrected chi connectivity index (χ0v) is 36.4. The van der Waals surface area contributed by atoms with Gasteiger partial charge in [0, 0.05) is 22.5 Å². The predicted octanol–water partition coefficient (Wildman–Crippen LogP) is 16.0. The molecule has 6 aliphatic rings. The Morgan fingerprint density at radius 2 is 0.794 bits per heavy atom. The van der Waals surface area contributed by atoms with Gasteiger partial charge in [-0.1, -0.05) is 172 Å². The highest BCUT2D eigenvalue weighted by Gasteiger charge is 2.51. The summed E-state index contributed by atoms with van der Waals surface area (Å²) in [5.41, 5.74) is 20.7. The summed E-state index contributed by atoms with van der Waals surface area (Å²) in [6.45, 7) is 4.77. The summed E-state index contributed by atoms with van der Waals surface area (Å²) in [6, 6.07) is 73.9. The predicted molar refractivity (Wildman–Crippen MR) is 261 cm³/mol. The van der Waals surface area contributed by atoms with Gasteiger partial charge in [0.05, 0.1) is 5.41 Å². The summed E-state index contributed by atoms with van der Waals surface area (Å²) in [4.78, 5) is 2.50. The van der Waals surface area contributed by atoms with Gasteiger partial charge in [-0.15, -0.1) is 0 Å². The highest BCUT2D eigenvalue weighted by Crippen LogP contribution is 2.61. The largest absolute Gasteiger partial charge is 0.310 e. The molecule has 0 atom stereocenters. The van der Waals surface area contributed by atoms with E-state index in [2.05, 4.69) is 213 Å². The zero-order chi connectivity index (χ0) is 41.9. The van der Waals surface area contributed by atoms with E-state index in [0.717, 1.165) is 29.1 Å². The molecular formula is C62H53N. The maximum absolute atomic E-state index is 2.50. The van der Waals surface area contributed by atoms with E-state index in [-0.39, 0.29) is 5.41 Å². The molecule has 0 aromatic heterocycles. The molecule has 0 unspecified atom stereocenters. The molecule has 14 rings (SSSR count). The first-order valence-electron chi connectivity index (χ1n) is 23.5. The summed E-state index contributed by atoms with van der Waals surface area (Å²) in [6.07, 6.45) is 8.66. The van der Waals surface area contributed by atoms with Crippen molar-refractivity contribution in [2.45, 2.75) is 68.6 Å². The first-order valence-corrected chi connectivity index (χ1v) is 23.5. The molecule has 0 saturated heterocycles. The molecule has 0 aliphatic heterocycles. The third kappa shape index (κ3) is 5.48. The lowest BCUT2D eigenvalue weighted by molar-refractivity contribution is -0.00518. The molecule has 6 aliphatic carbocycles. The van der Waals surface area contributed by atoms with Gasteiger partial charge in [-0.3, -0.25) is 0 Å². The van der Waals surface area contributed by atoms with Gasteiger partial charge in [-0.2, -0.15) is 0 Å². The van der Waals surface area contributed by atoms with Crippen molar-refractivity contribution in [2.24, 2.45) is 17.8 Å². The van der Waals surface area contributed by atoms with Gasteiger partial charge >= 0.3 is 0 Å². The van der Waals surface area contributed by atoms with E-state index in [1.165, 1.54) is 111 Å². The van der Waals surface area contributed by atoms with Gasteiger partial charge in [0.2, 0.25) is 0 Å². The number of rotatable bonds is 7.